The zero-order valence-corrected chi connectivity index (χ0v) is 9.33. The molecule has 0 bridgehead atoms. The fourth-order valence-electron chi connectivity index (χ4n) is 2.19. The van der Waals surface area contributed by atoms with Crippen molar-refractivity contribution >= 4 is 5.69 Å². The zero-order valence-electron chi connectivity index (χ0n) is 9.33. The number of anilines is 1. The molecular weight excluding hydrogens is 186 g/mol. The Balaban J connectivity index is 2.04. The van der Waals surface area contributed by atoms with E-state index in [1.165, 1.54) is 5.56 Å². The van der Waals surface area contributed by atoms with Gasteiger partial charge in [-0.05, 0) is 43.9 Å². The first-order valence-corrected chi connectivity index (χ1v) is 5.52. The van der Waals surface area contributed by atoms with Crippen LogP contribution in [0.5, 0.6) is 0 Å². The fourth-order valence-corrected chi connectivity index (χ4v) is 2.19. The van der Waals surface area contributed by atoms with Crippen LogP contribution < -0.4 is 16.6 Å². The van der Waals surface area contributed by atoms with Gasteiger partial charge in [0.2, 0.25) is 0 Å². The standard InChI is InChI=1S/C12H19N3/c1-8-12(9(2)15-14-8)7-10-3-5-11(13)6-4-10/h3-6,8-9,12,14-15H,7,13H2,1-2H3. The molecule has 2 atom stereocenters. The molecule has 1 aromatic carbocycles. The molecule has 1 fully saturated rings. The molecule has 1 aliphatic rings. The lowest BCUT2D eigenvalue weighted by atomic mass is 9.89. The summed E-state index contributed by atoms with van der Waals surface area (Å²) in [5.74, 6) is 0.647. The van der Waals surface area contributed by atoms with Crippen LogP contribution in [0, 0.1) is 5.92 Å². The first kappa shape index (κ1) is 10.5. The minimum Gasteiger partial charge on any atom is -0.399 e. The number of nitrogen functional groups attached to an aromatic ring is 1. The minimum absolute atomic E-state index is 0.526. The third-order valence-electron chi connectivity index (χ3n) is 3.27. The highest BCUT2D eigenvalue weighted by atomic mass is 15.4. The molecule has 1 aromatic rings. The van der Waals surface area contributed by atoms with Gasteiger partial charge in [0, 0.05) is 17.8 Å². The molecule has 4 N–H and O–H groups in total. The van der Waals surface area contributed by atoms with Crippen LogP contribution in [0.1, 0.15) is 19.4 Å². The van der Waals surface area contributed by atoms with Gasteiger partial charge >= 0.3 is 0 Å². The first-order valence-electron chi connectivity index (χ1n) is 5.52. The molecule has 1 heterocycles. The van der Waals surface area contributed by atoms with Crippen LogP contribution in [0.2, 0.25) is 0 Å². The second-order valence-corrected chi connectivity index (χ2v) is 4.48. The molecule has 0 aromatic heterocycles. The van der Waals surface area contributed by atoms with Crippen LogP contribution in [0.4, 0.5) is 5.69 Å². The predicted octanol–water partition coefficient (Wildman–Crippen LogP) is 1.31. The lowest BCUT2D eigenvalue weighted by molar-refractivity contribution is 0.442. The van der Waals surface area contributed by atoms with Gasteiger partial charge in [0.1, 0.15) is 0 Å². The van der Waals surface area contributed by atoms with Crippen LogP contribution in [-0.2, 0) is 6.42 Å². The third-order valence-corrected chi connectivity index (χ3v) is 3.27. The second-order valence-electron chi connectivity index (χ2n) is 4.48. The Morgan fingerprint density at radius 2 is 1.60 bits per heavy atom. The van der Waals surface area contributed by atoms with Crippen molar-refractivity contribution in [3.63, 3.8) is 0 Å². The van der Waals surface area contributed by atoms with Crippen molar-refractivity contribution in [3.05, 3.63) is 29.8 Å². The van der Waals surface area contributed by atoms with Gasteiger partial charge in [-0.25, -0.2) is 0 Å². The maximum Gasteiger partial charge on any atom is 0.0314 e. The summed E-state index contributed by atoms with van der Waals surface area (Å²) in [6.45, 7) is 4.44. The maximum absolute atomic E-state index is 5.66. The summed E-state index contributed by atoms with van der Waals surface area (Å²) >= 11 is 0. The summed E-state index contributed by atoms with van der Waals surface area (Å²) in [5.41, 5.74) is 14.4. The summed E-state index contributed by atoms with van der Waals surface area (Å²) < 4.78 is 0. The Hall–Kier alpha value is -1.06. The zero-order chi connectivity index (χ0) is 10.8. The Labute approximate surface area is 91.0 Å². The van der Waals surface area contributed by atoms with E-state index >= 15 is 0 Å². The SMILES string of the molecule is CC1NNC(C)C1Cc1ccc(N)cc1. The summed E-state index contributed by atoms with van der Waals surface area (Å²) in [7, 11) is 0. The van der Waals surface area contributed by atoms with Crippen molar-refractivity contribution in [2.75, 3.05) is 5.73 Å². The normalized spacial score (nSPS) is 30.7. The van der Waals surface area contributed by atoms with E-state index in [-0.39, 0.29) is 0 Å². The maximum atomic E-state index is 5.66. The van der Waals surface area contributed by atoms with Gasteiger partial charge in [0.15, 0.2) is 0 Å². The highest BCUT2D eigenvalue weighted by Crippen LogP contribution is 2.20. The molecule has 0 aliphatic carbocycles. The molecule has 0 saturated carbocycles. The van der Waals surface area contributed by atoms with E-state index in [9.17, 15) is 0 Å². The van der Waals surface area contributed by atoms with Gasteiger partial charge < -0.3 is 5.73 Å². The predicted molar refractivity (Wildman–Crippen MR) is 63.2 cm³/mol. The van der Waals surface area contributed by atoms with E-state index < -0.39 is 0 Å². The largest absolute Gasteiger partial charge is 0.399 e. The topological polar surface area (TPSA) is 50.1 Å². The van der Waals surface area contributed by atoms with Gasteiger partial charge in [-0.3, -0.25) is 10.9 Å². The molecule has 1 saturated heterocycles. The number of hydrogen-bond donors (Lipinski definition) is 3. The molecule has 82 valence electrons. The second kappa shape index (κ2) is 4.21. The molecule has 3 heteroatoms. The number of nitrogens with one attached hydrogen (secondary N) is 2. The molecular formula is C12H19N3. The Kier molecular flexibility index (Phi) is 2.93. The van der Waals surface area contributed by atoms with E-state index in [4.69, 9.17) is 5.73 Å². The molecule has 0 spiro atoms. The molecule has 2 unspecified atom stereocenters. The van der Waals surface area contributed by atoms with Crippen LogP contribution in [0.3, 0.4) is 0 Å². The summed E-state index contributed by atoms with van der Waals surface area (Å²) in [6.07, 6.45) is 1.10. The van der Waals surface area contributed by atoms with Crippen molar-refractivity contribution in [1.29, 1.82) is 0 Å². The molecule has 3 nitrogen and oxygen atoms in total. The lowest BCUT2D eigenvalue weighted by Crippen LogP contribution is -2.30. The van der Waals surface area contributed by atoms with E-state index in [1.54, 1.807) is 0 Å². The van der Waals surface area contributed by atoms with Crippen LogP contribution in [-0.4, -0.2) is 12.1 Å². The smallest absolute Gasteiger partial charge is 0.0314 e. The number of hydrazine groups is 1. The van der Waals surface area contributed by atoms with Crippen LogP contribution in [0.25, 0.3) is 0 Å². The summed E-state index contributed by atoms with van der Waals surface area (Å²) in [5, 5.41) is 0. The molecule has 1 aliphatic heterocycles. The quantitative estimate of drug-likeness (QED) is 0.638. The number of hydrogen-bond acceptors (Lipinski definition) is 3. The van der Waals surface area contributed by atoms with E-state index in [0.717, 1.165) is 12.1 Å². The molecule has 2 rings (SSSR count). The van der Waals surface area contributed by atoms with Gasteiger partial charge in [0.05, 0.1) is 0 Å². The van der Waals surface area contributed by atoms with Crippen LogP contribution in [0.15, 0.2) is 24.3 Å². The van der Waals surface area contributed by atoms with Gasteiger partial charge in [-0.2, -0.15) is 0 Å². The third kappa shape index (κ3) is 2.30. The summed E-state index contributed by atoms with van der Waals surface area (Å²) in [6, 6.07) is 9.23. The van der Waals surface area contributed by atoms with Crippen molar-refractivity contribution in [2.24, 2.45) is 5.92 Å². The Morgan fingerprint density at radius 3 is 2.13 bits per heavy atom. The number of nitrogens with two attached hydrogens (primary N) is 1. The Bertz CT molecular complexity index is 310. The Morgan fingerprint density at radius 1 is 1.07 bits per heavy atom. The van der Waals surface area contributed by atoms with Crippen molar-refractivity contribution in [2.45, 2.75) is 32.4 Å². The van der Waals surface area contributed by atoms with Crippen molar-refractivity contribution in [3.8, 4) is 0 Å². The van der Waals surface area contributed by atoms with E-state index in [0.29, 0.717) is 18.0 Å². The van der Waals surface area contributed by atoms with E-state index in [2.05, 4.69) is 36.8 Å². The van der Waals surface area contributed by atoms with E-state index in [1.807, 2.05) is 12.1 Å². The highest BCUT2D eigenvalue weighted by molar-refractivity contribution is 5.39. The van der Waals surface area contributed by atoms with Gasteiger partial charge in [0.25, 0.3) is 0 Å². The highest BCUT2D eigenvalue weighted by Gasteiger charge is 2.29. The number of rotatable bonds is 2. The fraction of sp³-hybridized carbons (Fsp3) is 0.500. The lowest BCUT2D eigenvalue weighted by Gasteiger charge is -2.17. The molecule has 0 amide bonds. The van der Waals surface area contributed by atoms with Crippen LogP contribution >= 0.6 is 0 Å². The minimum atomic E-state index is 0.526. The first-order chi connectivity index (χ1) is 7.16. The summed E-state index contributed by atoms with van der Waals surface area (Å²) in [4.78, 5) is 0. The van der Waals surface area contributed by atoms with Gasteiger partial charge in [-0.15, -0.1) is 0 Å². The average Bonchev–Trinajstić information content (AvgIpc) is 2.53. The van der Waals surface area contributed by atoms with Crippen molar-refractivity contribution in [1.82, 2.24) is 10.9 Å². The van der Waals surface area contributed by atoms with Gasteiger partial charge in [-0.1, -0.05) is 12.1 Å². The van der Waals surface area contributed by atoms with Crippen molar-refractivity contribution < 1.29 is 0 Å². The monoisotopic (exact) mass is 205 g/mol. The average molecular weight is 205 g/mol. The number of benzene rings is 1. The molecule has 15 heavy (non-hydrogen) atoms. The molecule has 0 radical (unpaired) electrons.